The summed E-state index contributed by atoms with van der Waals surface area (Å²) in [5, 5.41) is 8.49. The maximum atomic E-state index is 12.6. The molecule has 0 aliphatic carbocycles. The molecule has 28 heavy (non-hydrogen) atoms. The first-order valence-electron chi connectivity index (χ1n) is 9.31. The van der Waals surface area contributed by atoms with E-state index in [0.29, 0.717) is 11.1 Å². The highest BCUT2D eigenvalue weighted by molar-refractivity contribution is 5.91. The molecular formula is C21H22N4O3. The van der Waals surface area contributed by atoms with Crippen molar-refractivity contribution in [1.82, 2.24) is 9.78 Å². The maximum Gasteiger partial charge on any atom is 0.275 e. The Kier molecular flexibility index (Phi) is 5.08. The summed E-state index contributed by atoms with van der Waals surface area (Å²) in [7, 11) is 0. The lowest BCUT2D eigenvalue weighted by molar-refractivity contribution is -0.117. The second-order valence-electron chi connectivity index (χ2n) is 6.79. The number of carbonyl (C=O) groups is 1. The number of amides is 1. The number of aromatic nitrogens is 2. The molecule has 0 atom stereocenters. The molecule has 7 nitrogen and oxygen atoms in total. The predicted molar refractivity (Wildman–Crippen MR) is 109 cm³/mol. The largest absolute Gasteiger partial charge is 0.378 e. The molecule has 1 aliphatic rings. The first kappa shape index (κ1) is 18.2. The van der Waals surface area contributed by atoms with E-state index in [1.165, 1.54) is 4.68 Å². The second-order valence-corrected chi connectivity index (χ2v) is 6.79. The van der Waals surface area contributed by atoms with Crippen LogP contribution >= 0.6 is 0 Å². The van der Waals surface area contributed by atoms with E-state index in [0.717, 1.165) is 43.1 Å². The molecule has 0 saturated carbocycles. The Morgan fingerprint density at radius 3 is 2.46 bits per heavy atom. The summed E-state index contributed by atoms with van der Waals surface area (Å²) in [6.07, 6.45) is 0. The van der Waals surface area contributed by atoms with Crippen molar-refractivity contribution in [2.75, 3.05) is 36.5 Å². The van der Waals surface area contributed by atoms with Crippen LogP contribution in [0.2, 0.25) is 0 Å². The van der Waals surface area contributed by atoms with Crippen LogP contribution in [-0.2, 0) is 16.1 Å². The molecule has 0 radical (unpaired) electrons. The zero-order chi connectivity index (χ0) is 19.5. The molecule has 4 rings (SSSR count). The summed E-state index contributed by atoms with van der Waals surface area (Å²) in [6, 6.07) is 15.0. The highest BCUT2D eigenvalue weighted by atomic mass is 16.5. The Balaban J connectivity index is 1.47. The number of fused-ring (bicyclic) bond motifs is 1. The van der Waals surface area contributed by atoms with Gasteiger partial charge in [-0.2, -0.15) is 5.10 Å². The third-order valence-corrected chi connectivity index (χ3v) is 4.87. The topological polar surface area (TPSA) is 76.5 Å². The van der Waals surface area contributed by atoms with E-state index in [2.05, 4.69) is 15.3 Å². The van der Waals surface area contributed by atoms with Crippen molar-refractivity contribution in [3.8, 4) is 0 Å². The predicted octanol–water partition coefficient (Wildman–Crippen LogP) is 2.18. The number of aryl methyl sites for hydroxylation is 1. The summed E-state index contributed by atoms with van der Waals surface area (Å²) in [4.78, 5) is 27.3. The molecule has 0 spiro atoms. The summed E-state index contributed by atoms with van der Waals surface area (Å²) in [5.74, 6) is -0.289. The van der Waals surface area contributed by atoms with Crippen molar-refractivity contribution < 1.29 is 9.53 Å². The molecule has 3 aromatic rings. The molecular weight excluding hydrogens is 356 g/mol. The molecule has 2 aromatic carbocycles. The van der Waals surface area contributed by atoms with Crippen LogP contribution in [0.15, 0.2) is 53.3 Å². The minimum atomic E-state index is -0.289. The molecule has 0 bridgehead atoms. The van der Waals surface area contributed by atoms with Gasteiger partial charge in [-0.05, 0) is 37.3 Å². The van der Waals surface area contributed by atoms with Gasteiger partial charge in [-0.25, -0.2) is 4.68 Å². The number of benzene rings is 2. The zero-order valence-electron chi connectivity index (χ0n) is 15.7. The van der Waals surface area contributed by atoms with Crippen molar-refractivity contribution in [1.29, 1.82) is 0 Å². The molecule has 1 N–H and O–H groups in total. The Morgan fingerprint density at radius 2 is 1.75 bits per heavy atom. The van der Waals surface area contributed by atoms with Crippen molar-refractivity contribution >= 4 is 28.1 Å². The number of nitrogens with zero attached hydrogens (tertiary/aromatic N) is 3. The van der Waals surface area contributed by atoms with Gasteiger partial charge in [0.25, 0.3) is 5.56 Å². The summed E-state index contributed by atoms with van der Waals surface area (Å²) >= 11 is 0. The minimum Gasteiger partial charge on any atom is -0.378 e. The van der Waals surface area contributed by atoms with E-state index >= 15 is 0 Å². The number of rotatable bonds is 4. The van der Waals surface area contributed by atoms with Crippen molar-refractivity contribution in [2.24, 2.45) is 0 Å². The van der Waals surface area contributed by atoms with Crippen LogP contribution in [0.25, 0.3) is 10.8 Å². The molecule has 1 aliphatic heterocycles. The van der Waals surface area contributed by atoms with E-state index in [1.807, 2.05) is 49.4 Å². The molecule has 0 unspecified atom stereocenters. The number of anilines is 2. The molecule has 1 amide bonds. The van der Waals surface area contributed by atoms with E-state index in [9.17, 15) is 9.59 Å². The lowest BCUT2D eigenvalue weighted by atomic mass is 10.1. The average Bonchev–Trinajstić information content (AvgIpc) is 2.73. The average molecular weight is 378 g/mol. The fourth-order valence-corrected chi connectivity index (χ4v) is 3.43. The Hall–Kier alpha value is -3.19. The van der Waals surface area contributed by atoms with E-state index in [-0.39, 0.29) is 18.0 Å². The Labute approximate surface area is 162 Å². The standard InChI is InChI=1S/C21H22N4O3/c1-15-18-4-2-3-5-19(18)21(27)25(23-15)14-20(26)22-16-6-8-17(9-7-16)24-10-12-28-13-11-24/h2-9H,10-14H2,1H3,(H,22,26). The van der Waals surface area contributed by atoms with E-state index in [1.54, 1.807) is 6.07 Å². The molecule has 7 heteroatoms. The fraction of sp³-hybridized carbons (Fsp3) is 0.286. The number of carbonyl (C=O) groups excluding carboxylic acids is 1. The molecule has 144 valence electrons. The van der Waals surface area contributed by atoms with Gasteiger partial charge in [0.2, 0.25) is 5.91 Å². The van der Waals surface area contributed by atoms with Gasteiger partial charge < -0.3 is 15.0 Å². The van der Waals surface area contributed by atoms with Crippen LogP contribution in [0.4, 0.5) is 11.4 Å². The zero-order valence-corrected chi connectivity index (χ0v) is 15.7. The van der Waals surface area contributed by atoms with Crippen LogP contribution in [0.5, 0.6) is 0 Å². The monoisotopic (exact) mass is 378 g/mol. The first-order chi connectivity index (χ1) is 13.6. The van der Waals surface area contributed by atoms with Gasteiger partial charge in [0, 0.05) is 29.9 Å². The normalized spacial score (nSPS) is 14.2. The van der Waals surface area contributed by atoms with Gasteiger partial charge in [0.05, 0.1) is 24.3 Å². The quantitative estimate of drug-likeness (QED) is 0.753. The van der Waals surface area contributed by atoms with Gasteiger partial charge in [-0.3, -0.25) is 9.59 Å². The number of ether oxygens (including phenoxy) is 1. The van der Waals surface area contributed by atoms with Crippen molar-refractivity contribution in [3.05, 3.63) is 64.6 Å². The van der Waals surface area contributed by atoms with Crippen LogP contribution in [0.1, 0.15) is 5.69 Å². The van der Waals surface area contributed by atoms with Gasteiger partial charge in [0.15, 0.2) is 0 Å². The van der Waals surface area contributed by atoms with Crippen LogP contribution in [0, 0.1) is 6.92 Å². The Bertz CT molecular complexity index is 1050. The molecule has 2 heterocycles. The summed E-state index contributed by atoms with van der Waals surface area (Å²) < 4.78 is 6.58. The lowest BCUT2D eigenvalue weighted by Crippen LogP contribution is -2.36. The summed E-state index contributed by atoms with van der Waals surface area (Å²) in [5.41, 5.74) is 2.24. The van der Waals surface area contributed by atoms with Gasteiger partial charge in [0.1, 0.15) is 6.54 Å². The lowest BCUT2D eigenvalue weighted by Gasteiger charge is -2.28. The molecule has 1 fully saturated rings. The van der Waals surface area contributed by atoms with Crippen LogP contribution in [-0.4, -0.2) is 42.0 Å². The third-order valence-electron chi connectivity index (χ3n) is 4.87. The second kappa shape index (κ2) is 7.82. The van der Waals surface area contributed by atoms with Gasteiger partial charge >= 0.3 is 0 Å². The highest BCUT2D eigenvalue weighted by Crippen LogP contribution is 2.19. The highest BCUT2D eigenvalue weighted by Gasteiger charge is 2.13. The Morgan fingerprint density at radius 1 is 1.07 bits per heavy atom. The fourth-order valence-electron chi connectivity index (χ4n) is 3.43. The number of hydrogen-bond donors (Lipinski definition) is 1. The summed E-state index contributed by atoms with van der Waals surface area (Å²) in [6.45, 7) is 4.89. The molecule has 1 aromatic heterocycles. The van der Waals surface area contributed by atoms with Crippen LogP contribution in [0.3, 0.4) is 0 Å². The minimum absolute atomic E-state index is 0.129. The van der Waals surface area contributed by atoms with Gasteiger partial charge in [-0.15, -0.1) is 0 Å². The van der Waals surface area contributed by atoms with Gasteiger partial charge in [-0.1, -0.05) is 18.2 Å². The number of nitrogens with one attached hydrogen (secondary N) is 1. The molecule has 1 saturated heterocycles. The maximum absolute atomic E-state index is 12.6. The smallest absolute Gasteiger partial charge is 0.275 e. The van der Waals surface area contributed by atoms with Crippen LogP contribution < -0.4 is 15.8 Å². The van der Waals surface area contributed by atoms with E-state index < -0.39 is 0 Å². The van der Waals surface area contributed by atoms with E-state index in [4.69, 9.17) is 4.74 Å². The number of morpholine rings is 1. The number of hydrogen-bond acceptors (Lipinski definition) is 5. The SMILES string of the molecule is Cc1nn(CC(=O)Nc2ccc(N3CCOCC3)cc2)c(=O)c2ccccc12. The van der Waals surface area contributed by atoms with Crippen molar-refractivity contribution in [3.63, 3.8) is 0 Å². The first-order valence-corrected chi connectivity index (χ1v) is 9.31. The third kappa shape index (κ3) is 3.75. The van der Waals surface area contributed by atoms with Crippen molar-refractivity contribution in [2.45, 2.75) is 13.5 Å².